The molecule has 3 nitrogen and oxygen atoms in total. The van der Waals surface area contributed by atoms with Gasteiger partial charge in [-0.3, -0.25) is 0 Å². The highest BCUT2D eigenvalue weighted by molar-refractivity contribution is 7.99. The fraction of sp³-hybridized carbons (Fsp3) is 0.500. The Bertz CT molecular complexity index is 377. The Labute approximate surface area is 99.6 Å². The monoisotopic (exact) mass is 237 g/mol. The van der Waals surface area contributed by atoms with Crippen LogP contribution in [0.15, 0.2) is 23.2 Å². The summed E-state index contributed by atoms with van der Waals surface area (Å²) in [7, 11) is 0. The van der Waals surface area contributed by atoms with Gasteiger partial charge in [0, 0.05) is 5.75 Å². The molecule has 1 aliphatic carbocycles. The van der Waals surface area contributed by atoms with E-state index < -0.39 is 0 Å². The van der Waals surface area contributed by atoms with Crippen LogP contribution in [0.5, 0.6) is 0 Å². The molecule has 0 aromatic carbocycles. The van der Waals surface area contributed by atoms with Gasteiger partial charge < -0.3 is 4.74 Å². The highest BCUT2D eigenvalue weighted by Crippen LogP contribution is 2.34. The highest BCUT2D eigenvalue weighted by Gasteiger charge is 2.21. The molecule has 1 fully saturated rings. The first-order chi connectivity index (χ1) is 7.79. The molecule has 0 saturated heterocycles. The smallest absolute Gasteiger partial charge is 0.356 e. The zero-order valence-corrected chi connectivity index (χ0v) is 10.1. The summed E-state index contributed by atoms with van der Waals surface area (Å²) in [5, 5.41) is 0.914. The van der Waals surface area contributed by atoms with E-state index in [1.807, 2.05) is 12.1 Å². The molecule has 0 amide bonds. The fourth-order valence-corrected chi connectivity index (χ4v) is 2.38. The van der Waals surface area contributed by atoms with Crippen LogP contribution in [0.1, 0.15) is 30.3 Å². The average molecular weight is 237 g/mol. The average Bonchev–Trinajstić information content (AvgIpc) is 3.11. The maximum Gasteiger partial charge on any atom is 0.356 e. The molecule has 2 rings (SSSR count). The van der Waals surface area contributed by atoms with E-state index in [0.29, 0.717) is 12.3 Å². The molecule has 0 bridgehead atoms. The molecule has 0 N–H and O–H groups in total. The lowest BCUT2D eigenvalue weighted by Crippen LogP contribution is -2.07. The van der Waals surface area contributed by atoms with Crippen molar-refractivity contribution in [1.29, 1.82) is 0 Å². The van der Waals surface area contributed by atoms with Crippen LogP contribution in [-0.4, -0.2) is 23.3 Å². The molecule has 1 saturated carbocycles. The summed E-state index contributed by atoms with van der Waals surface area (Å²) in [6, 6.07) is 5.49. The highest BCUT2D eigenvalue weighted by atomic mass is 32.2. The maximum atomic E-state index is 11.5. The van der Waals surface area contributed by atoms with Crippen LogP contribution in [0.3, 0.4) is 0 Å². The second-order valence-corrected chi connectivity index (χ2v) is 4.88. The van der Waals surface area contributed by atoms with Gasteiger partial charge in [0.05, 0.1) is 11.6 Å². The van der Waals surface area contributed by atoms with Gasteiger partial charge in [-0.2, -0.15) is 0 Å². The number of pyridine rings is 1. The zero-order valence-electron chi connectivity index (χ0n) is 9.31. The van der Waals surface area contributed by atoms with E-state index >= 15 is 0 Å². The van der Waals surface area contributed by atoms with Crippen molar-refractivity contribution in [2.75, 3.05) is 12.4 Å². The number of hydrogen-bond donors (Lipinski definition) is 0. The SMILES string of the molecule is CCOC(=O)c1cccc(SCC2CC2)n1. The zero-order chi connectivity index (χ0) is 11.4. The first kappa shape index (κ1) is 11.5. The van der Waals surface area contributed by atoms with Crippen molar-refractivity contribution in [3.8, 4) is 0 Å². The predicted molar refractivity (Wildman–Crippen MR) is 63.6 cm³/mol. The number of carbonyl (C=O) groups excluding carboxylic acids is 1. The molecule has 86 valence electrons. The van der Waals surface area contributed by atoms with Gasteiger partial charge in [-0.15, -0.1) is 11.8 Å². The minimum atomic E-state index is -0.337. The lowest BCUT2D eigenvalue weighted by atomic mass is 10.3. The number of aromatic nitrogens is 1. The number of nitrogens with zero attached hydrogens (tertiary/aromatic N) is 1. The maximum absolute atomic E-state index is 11.5. The summed E-state index contributed by atoms with van der Waals surface area (Å²) in [4.78, 5) is 15.7. The first-order valence-corrected chi connectivity index (χ1v) is 6.55. The molecule has 0 aliphatic heterocycles. The van der Waals surface area contributed by atoms with Crippen LogP contribution < -0.4 is 0 Å². The predicted octanol–water partition coefficient (Wildman–Crippen LogP) is 2.76. The molecule has 0 spiro atoms. The van der Waals surface area contributed by atoms with E-state index in [1.165, 1.54) is 12.8 Å². The Morgan fingerprint density at radius 2 is 2.38 bits per heavy atom. The summed E-state index contributed by atoms with van der Waals surface area (Å²) in [5.41, 5.74) is 0.405. The Hall–Kier alpha value is -1.03. The van der Waals surface area contributed by atoms with Crippen molar-refractivity contribution in [1.82, 2.24) is 4.98 Å². The third-order valence-corrected chi connectivity index (χ3v) is 3.53. The lowest BCUT2D eigenvalue weighted by molar-refractivity contribution is 0.0518. The van der Waals surface area contributed by atoms with Gasteiger partial charge in [0.15, 0.2) is 0 Å². The van der Waals surface area contributed by atoms with Crippen molar-refractivity contribution in [2.24, 2.45) is 5.92 Å². The molecular formula is C12H15NO2S. The summed E-state index contributed by atoms with van der Waals surface area (Å²) in [6.07, 6.45) is 2.68. The Morgan fingerprint density at radius 3 is 3.06 bits per heavy atom. The third-order valence-electron chi connectivity index (χ3n) is 2.37. The summed E-state index contributed by atoms with van der Waals surface area (Å²) in [5.74, 6) is 1.63. The quantitative estimate of drug-likeness (QED) is 0.583. The summed E-state index contributed by atoms with van der Waals surface area (Å²) < 4.78 is 4.91. The van der Waals surface area contributed by atoms with Crippen LogP contribution in [-0.2, 0) is 4.74 Å². The number of hydrogen-bond acceptors (Lipinski definition) is 4. The Morgan fingerprint density at radius 1 is 1.56 bits per heavy atom. The summed E-state index contributed by atoms with van der Waals surface area (Å²) in [6.45, 7) is 2.18. The fourth-order valence-electron chi connectivity index (χ4n) is 1.30. The van der Waals surface area contributed by atoms with Crippen LogP contribution >= 0.6 is 11.8 Å². The molecule has 16 heavy (non-hydrogen) atoms. The van der Waals surface area contributed by atoms with Crippen molar-refractivity contribution in [2.45, 2.75) is 24.8 Å². The Balaban J connectivity index is 1.97. The molecule has 1 aromatic heterocycles. The van der Waals surface area contributed by atoms with Gasteiger partial charge in [-0.05, 0) is 37.8 Å². The number of ether oxygens (including phenoxy) is 1. The van der Waals surface area contributed by atoms with Crippen LogP contribution in [0.2, 0.25) is 0 Å². The van der Waals surface area contributed by atoms with Crippen LogP contribution in [0.25, 0.3) is 0 Å². The molecule has 1 heterocycles. The van der Waals surface area contributed by atoms with Gasteiger partial charge in [-0.25, -0.2) is 9.78 Å². The standard InChI is InChI=1S/C12H15NO2S/c1-2-15-12(14)10-4-3-5-11(13-10)16-8-9-6-7-9/h3-5,9H,2,6-8H2,1H3. The van der Waals surface area contributed by atoms with Gasteiger partial charge in [-0.1, -0.05) is 6.07 Å². The lowest BCUT2D eigenvalue weighted by Gasteiger charge is -2.03. The molecule has 0 radical (unpaired) electrons. The van der Waals surface area contributed by atoms with Crippen molar-refractivity contribution < 1.29 is 9.53 Å². The largest absolute Gasteiger partial charge is 0.461 e. The minimum absolute atomic E-state index is 0.337. The molecule has 0 atom stereocenters. The Kier molecular flexibility index (Phi) is 3.83. The molecule has 4 heteroatoms. The third kappa shape index (κ3) is 3.23. The van der Waals surface area contributed by atoms with Crippen molar-refractivity contribution >= 4 is 17.7 Å². The minimum Gasteiger partial charge on any atom is -0.461 e. The van der Waals surface area contributed by atoms with Gasteiger partial charge in [0.1, 0.15) is 5.69 Å². The number of thioether (sulfide) groups is 1. The number of carbonyl (C=O) groups is 1. The molecular weight excluding hydrogens is 222 g/mol. The normalized spacial score (nSPS) is 14.8. The topological polar surface area (TPSA) is 39.2 Å². The molecule has 1 aliphatic rings. The van der Waals surface area contributed by atoms with E-state index in [2.05, 4.69) is 4.98 Å². The van der Waals surface area contributed by atoms with Gasteiger partial charge in [0.25, 0.3) is 0 Å². The second kappa shape index (κ2) is 5.34. The summed E-state index contributed by atoms with van der Waals surface area (Å²) >= 11 is 1.72. The van der Waals surface area contributed by atoms with E-state index in [4.69, 9.17) is 4.74 Å². The van der Waals surface area contributed by atoms with Crippen molar-refractivity contribution in [3.05, 3.63) is 23.9 Å². The van der Waals surface area contributed by atoms with E-state index in [9.17, 15) is 4.79 Å². The van der Waals surface area contributed by atoms with Gasteiger partial charge in [0.2, 0.25) is 0 Å². The molecule has 0 unspecified atom stereocenters. The van der Waals surface area contributed by atoms with Crippen LogP contribution in [0, 0.1) is 5.92 Å². The second-order valence-electron chi connectivity index (χ2n) is 3.84. The molecule has 1 aromatic rings. The number of rotatable bonds is 5. The van der Waals surface area contributed by atoms with Crippen LogP contribution in [0.4, 0.5) is 0 Å². The first-order valence-electron chi connectivity index (χ1n) is 5.56. The van der Waals surface area contributed by atoms with E-state index in [-0.39, 0.29) is 5.97 Å². The van der Waals surface area contributed by atoms with Crippen molar-refractivity contribution in [3.63, 3.8) is 0 Å². The van der Waals surface area contributed by atoms with E-state index in [0.717, 1.165) is 16.7 Å². The van der Waals surface area contributed by atoms with E-state index in [1.54, 1.807) is 24.8 Å². The van der Waals surface area contributed by atoms with Gasteiger partial charge >= 0.3 is 5.97 Å². The number of esters is 1.